The molecule has 3 atom stereocenters. The fraction of sp³-hybridized carbons (Fsp3) is 0.267. The van der Waals surface area contributed by atoms with Crippen LogP contribution in [0.25, 0.3) is 11.1 Å². The Bertz CT molecular complexity index is 1240. The van der Waals surface area contributed by atoms with Gasteiger partial charge in [-0.1, -0.05) is 86.6 Å². The van der Waals surface area contributed by atoms with Crippen molar-refractivity contribution in [2.24, 2.45) is 5.92 Å². The number of carbonyl (C=O) groups excluding carboxylic acids is 3. The maximum atomic E-state index is 13.3. The third kappa shape index (κ3) is 7.77. The van der Waals surface area contributed by atoms with Crippen LogP contribution >= 0.6 is 0 Å². The molecule has 0 aliphatic heterocycles. The molecule has 3 amide bonds. The Morgan fingerprint density at radius 1 is 0.684 bits per heavy atom. The van der Waals surface area contributed by atoms with E-state index in [4.69, 9.17) is 0 Å². The van der Waals surface area contributed by atoms with E-state index in [2.05, 4.69) is 16.0 Å². The number of rotatable bonds is 11. The molecule has 8 nitrogen and oxygen atoms in total. The molecular formula is C30H33N3O5. The fourth-order valence-corrected chi connectivity index (χ4v) is 3.90. The van der Waals surface area contributed by atoms with Crippen molar-refractivity contribution in [1.82, 2.24) is 16.0 Å². The van der Waals surface area contributed by atoms with E-state index in [9.17, 15) is 24.3 Å². The summed E-state index contributed by atoms with van der Waals surface area (Å²) in [5.41, 5.74) is 3.18. The largest absolute Gasteiger partial charge is 0.480 e. The molecule has 0 saturated heterocycles. The number of hydrogen-bond acceptors (Lipinski definition) is 4. The van der Waals surface area contributed by atoms with E-state index in [0.29, 0.717) is 5.56 Å². The number of benzene rings is 3. The van der Waals surface area contributed by atoms with E-state index in [-0.39, 0.29) is 12.3 Å². The minimum atomic E-state index is -1.19. The summed E-state index contributed by atoms with van der Waals surface area (Å²) in [6.45, 7) is 4.94. The maximum Gasteiger partial charge on any atom is 0.325 e. The van der Waals surface area contributed by atoms with Crippen LogP contribution in [0.1, 0.15) is 36.7 Å². The lowest BCUT2D eigenvalue weighted by Crippen LogP contribution is -2.57. The van der Waals surface area contributed by atoms with Crippen LogP contribution in [0.5, 0.6) is 0 Å². The zero-order valence-electron chi connectivity index (χ0n) is 21.7. The molecule has 0 aromatic heterocycles. The lowest BCUT2D eigenvalue weighted by atomic mass is 10.00. The summed E-state index contributed by atoms with van der Waals surface area (Å²) in [5.74, 6) is -3.03. The molecule has 38 heavy (non-hydrogen) atoms. The van der Waals surface area contributed by atoms with Gasteiger partial charge in [-0.25, -0.2) is 0 Å². The van der Waals surface area contributed by atoms with Gasteiger partial charge >= 0.3 is 5.97 Å². The molecule has 0 heterocycles. The van der Waals surface area contributed by atoms with E-state index in [1.165, 1.54) is 6.92 Å². The van der Waals surface area contributed by atoms with E-state index in [0.717, 1.165) is 16.7 Å². The summed E-state index contributed by atoms with van der Waals surface area (Å²) in [6.07, 6.45) is 0.157. The molecule has 0 radical (unpaired) electrons. The van der Waals surface area contributed by atoms with Crippen LogP contribution in [-0.4, -0.2) is 46.9 Å². The minimum Gasteiger partial charge on any atom is -0.480 e. The standard InChI is InChI=1S/C30H33N3O5/c1-19(2)26(33-27(34)24-16-14-23(15-17-24)22-12-8-5-9-13-22)29(36)32-25(18-21-10-6-4-7-11-21)28(35)31-20(3)30(37)38/h4-17,19-20,25-26H,18H2,1-3H3,(H,31,35)(H,32,36)(H,33,34)(H,37,38)/t20-,25-,26-/m0/s1. The molecule has 0 unspecified atom stereocenters. The van der Waals surface area contributed by atoms with Gasteiger partial charge in [0.25, 0.3) is 5.91 Å². The molecule has 8 heteroatoms. The first kappa shape index (κ1) is 28.1. The van der Waals surface area contributed by atoms with Gasteiger partial charge in [0, 0.05) is 12.0 Å². The van der Waals surface area contributed by atoms with Gasteiger partial charge in [-0.2, -0.15) is 0 Å². The Kier molecular flexibility index (Phi) is 9.76. The summed E-state index contributed by atoms with van der Waals surface area (Å²) in [5, 5.41) is 17.1. The van der Waals surface area contributed by atoms with Crippen molar-refractivity contribution in [1.29, 1.82) is 0 Å². The monoisotopic (exact) mass is 515 g/mol. The highest BCUT2D eigenvalue weighted by Crippen LogP contribution is 2.19. The van der Waals surface area contributed by atoms with Gasteiger partial charge < -0.3 is 21.1 Å². The predicted molar refractivity (Wildman–Crippen MR) is 145 cm³/mol. The molecule has 198 valence electrons. The molecule has 0 aliphatic rings. The number of carbonyl (C=O) groups is 4. The molecule has 0 aliphatic carbocycles. The van der Waals surface area contributed by atoms with E-state index >= 15 is 0 Å². The Morgan fingerprint density at radius 2 is 1.24 bits per heavy atom. The van der Waals surface area contributed by atoms with Gasteiger partial charge in [0.15, 0.2) is 0 Å². The van der Waals surface area contributed by atoms with E-state index in [1.807, 2.05) is 72.8 Å². The summed E-state index contributed by atoms with van der Waals surface area (Å²) >= 11 is 0. The zero-order valence-corrected chi connectivity index (χ0v) is 21.7. The van der Waals surface area contributed by atoms with Crippen molar-refractivity contribution < 1.29 is 24.3 Å². The number of amides is 3. The summed E-state index contributed by atoms with van der Waals surface area (Å²) in [6, 6.07) is 22.9. The highest BCUT2D eigenvalue weighted by atomic mass is 16.4. The van der Waals surface area contributed by atoms with Crippen molar-refractivity contribution in [3.63, 3.8) is 0 Å². The topological polar surface area (TPSA) is 125 Å². The molecule has 4 N–H and O–H groups in total. The number of hydrogen-bond donors (Lipinski definition) is 4. The molecular weight excluding hydrogens is 482 g/mol. The van der Waals surface area contributed by atoms with Gasteiger partial charge in [0.2, 0.25) is 11.8 Å². The third-order valence-electron chi connectivity index (χ3n) is 6.13. The first-order valence-corrected chi connectivity index (χ1v) is 12.5. The average molecular weight is 516 g/mol. The van der Waals surface area contributed by atoms with E-state index < -0.39 is 41.8 Å². The Labute approximate surface area is 222 Å². The lowest BCUT2D eigenvalue weighted by molar-refractivity contribution is -0.141. The minimum absolute atomic E-state index is 0.157. The fourth-order valence-electron chi connectivity index (χ4n) is 3.90. The summed E-state index contributed by atoms with van der Waals surface area (Å²) < 4.78 is 0. The Balaban J connectivity index is 1.73. The third-order valence-corrected chi connectivity index (χ3v) is 6.13. The molecule has 0 spiro atoms. The predicted octanol–water partition coefficient (Wildman–Crippen LogP) is 3.42. The SMILES string of the molecule is CC(C)[C@H](NC(=O)c1ccc(-c2ccccc2)cc1)C(=O)N[C@@H](Cc1ccccc1)C(=O)N[C@@H](C)C(=O)O. The van der Waals surface area contributed by atoms with Crippen LogP contribution in [-0.2, 0) is 20.8 Å². The number of aliphatic carboxylic acids is 1. The second-order valence-corrected chi connectivity index (χ2v) is 9.46. The van der Waals surface area contributed by atoms with Crippen LogP contribution in [0, 0.1) is 5.92 Å². The smallest absolute Gasteiger partial charge is 0.325 e. The lowest BCUT2D eigenvalue weighted by Gasteiger charge is -2.26. The van der Waals surface area contributed by atoms with Crippen LogP contribution in [0.4, 0.5) is 0 Å². The van der Waals surface area contributed by atoms with Crippen LogP contribution in [0.15, 0.2) is 84.9 Å². The summed E-state index contributed by atoms with van der Waals surface area (Å²) in [7, 11) is 0. The van der Waals surface area contributed by atoms with Crippen LogP contribution in [0.3, 0.4) is 0 Å². The molecule has 3 rings (SSSR count). The maximum absolute atomic E-state index is 13.3. The van der Waals surface area contributed by atoms with Gasteiger partial charge in [-0.3, -0.25) is 19.2 Å². The second kappa shape index (κ2) is 13.2. The van der Waals surface area contributed by atoms with Gasteiger partial charge in [0.1, 0.15) is 18.1 Å². The molecule has 3 aromatic carbocycles. The molecule has 0 saturated carbocycles. The first-order chi connectivity index (χ1) is 18.2. The van der Waals surface area contributed by atoms with E-state index in [1.54, 1.807) is 26.0 Å². The van der Waals surface area contributed by atoms with Gasteiger partial charge in [0.05, 0.1) is 0 Å². The van der Waals surface area contributed by atoms with Crippen molar-refractivity contribution in [2.75, 3.05) is 0 Å². The quantitative estimate of drug-likeness (QED) is 0.312. The highest BCUT2D eigenvalue weighted by Gasteiger charge is 2.30. The highest BCUT2D eigenvalue weighted by molar-refractivity contribution is 5.99. The average Bonchev–Trinajstić information content (AvgIpc) is 2.92. The van der Waals surface area contributed by atoms with Crippen LogP contribution in [0.2, 0.25) is 0 Å². The second-order valence-electron chi connectivity index (χ2n) is 9.46. The van der Waals surface area contributed by atoms with Gasteiger partial charge in [-0.05, 0) is 41.7 Å². The van der Waals surface area contributed by atoms with Crippen LogP contribution < -0.4 is 16.0 Å². The Hall–Kier alpha value is -4.46. The van der Waals surface area contributed by atoms with Crippen molar-refractivity contribution in [2.45, 2.75) is 45.3 Å². The van der Waals surface area contributed by atoms with Gasteiger partial charge in [-0.15, -0.1) is 0 Å². The first-order valence-electron chi connectivity index (χ1n) is 12.5. The number of nitrogens with one attached hydrogen (secondary N) is 3. The van der Waals surface area contributed by atoms with Crippen molar-refractivity contribution in [3.05, 3.63) is 96.1 Å². The zero-order chi connectivity index (χ0) is 27.7. The normalized spacial score (nSPS) is 13.2. The van der Waals surface area contributed by atoms with Crippen molar-refractivity contribution >= 4 is 23.7 Å². The number of carboxylic acid groups (broad SMARTS) is 1. The Morgan fingerprint density at radius 3 is 1.79 bits per heavy atom. The molecule has 0 bridgehead atoms. The molecule has 3 aromatic rings. The summed E-state index contributed by atoms with van der Waals surface area (Å²) in [4.78, 5) is 50.5. The number of carboxylic acids is 1. The van der Waals surface area contributed by atoms with Crippen molar-refractivity contribution in [3.8, 4) is 11.1 Å². The molecule has 0 fully saturated rings.